The zero-order valence-corrected chi connectivity index (χ0v) is 11.7. The van der Waals surface area contributed by atoms with Crippen LogP contribution in [0.4, 0.5) is 0 Å². The maximum absolute atomic E-state index is 11.9. The lowest BCUT2D eigenvalue weighted by Gasteiger charge is -2.14. The lowest BCUT2D eigenvalue weighted by Crippen LogP contribution is -2.35. The van der Waals surface area contributed by atoms with Gasteiger partial charge < -0.3 is 16.4 Å². The van der Waals surface area contributed by atoms with Crippen LogP contribution in [0.2, 0.25) is 0 Å². The standard InChI is InChI=1S/C15H25N3O/c1-13(9-12-17-11-6-5-10-16)18-15(19)14-7-3-2-4-8-14/h2-4,7-8,13,17H,5-6,9-12,16H2,1H3,(H,18,19)/t13-/m0/s1. The van der Waals surface area contributed by atoms with Crippen LogP contribution in [0.5, 0.6) is 0 Å². The van der Waals surface area contributed by atoms with Gasteiger partial charge in [-0.15, -0.1) is 0 Å². The second kappa shape index (κ2) is 9.53. The van der Waals surface area contributed by atoms with Gasteiger partial charge in [0.2, 0.25) is 0 Å². The van der Waals surface area contributed by atoms with E-state index in [4.69, 9.17) is 5.73 Å². The van der Waals surface area contributed by atoms with E-state index in [-0.39, 0.29) is 11.9 Å². The van der Waals surface area contributed by atoms with Gasteiger partial charge in [-0.05, 0) is 58.0 Å². The van der Waals surface area contributed by atoms with E-state index in [0.717, 1.165) is 38.9 Å². The zero-order chi connectivity index (χ0) is 13.9. The number of rotatable bonds is 9. The predicted octanol–water partition coefficient (Wildman–Crippen LogP) is 1.52. The lowest BCUT2D eigenvalue weighted by atomic mass is 10.2. The number of hydrogen-bond acceptors (Lipinski definition) is 3. The highest BCUT2D eigenvalue weighted by Gasteiger charge is 2.08. The fourth-order valence-corrected chi connectivity index (χ4v) is 1.81. The van der Waals surface area contributed by atoms with E-state index in [9.17, 15) is 4.79 Å². The Morgan fingerprint density at radius 2 is 1.95 bits per heavy atom. The fourth-order valence-electron chi connectivity index (χ4n) is 1.81. The first kappa shape index (κ1) is 15.7. The summed E-state index contributed by atoms with van der Waals surface area (Å²) in [5.74, 6) is -0.00349. The van der Waals surface area contributed by atoms with Crippen molar-refractivity contribution >= 4 is 5.91 Å². The highest BCUT2D eigenvalue weighted by Crippen LogP contribution is 1.99. The molecule has 1 amide bonds. The molecule has 4 heteroatoms. The van der Waals surface area contributed by atoms with Gasteiger partial charge in [-0.25, -0.2) is 0 Å². The number of carbonyl (C=O) groups is 1. The van der Waals surface area contributed by atoms with Crippen molar-refractivity contribution in [2.75, 3.05) is 19.6 Å². The lowest BCUT2D eigenvalue weighted by molar-refractivity contribution is 0.0938. The first-order valence-corrected chi connectivity index (χ1v) is 7.00. The van der Waals surface area contributed by atoms with Gasteiger partial charge in [-0.3, -0.25) is 4.79 Å². The van der Waals surface area contributed by atoms with Crippen LogP contribution in [0, 0.1) is 0 Å². The Balaban J connectivity index is 2.14. The molecule has 4 N–H and O–H groups in total. The van der Waals surface area contributed by atoms with E-state index in [2.05, 4.69) is 10.6 Å². The maximum atomic E-state index is 11.9. The summed E-state index contributed by atoms with van der Waals surface area (Å²) in [6.07, 6.45) is 3.11. The monoisotopic (exact) mass is 263 g/mol. The molecule has 0 saturated heterocycles. The molecular formula is C15H25N3O. The van der Waals surface area contributed by atoms with Crippen molar-refractivity contribution in [2.45, 2.75) is 32.2 Å². The minimum Gasteiger partial charge on any atom is -0.350 e. The Hall–Kier alpha value is -1.39. The van der Waals surface area contributed by atoms with Crippen LogP contribution in [-0.2, 0) is 0 Å². The van der Waals surface area contributed by atoms with Crippen molar-refractivity contribution < 1.29 is 4.79 Å². The number of nitrogens with one attached hydrogen (secondary N) is 2. The van der Waals surface area contributed by atoms with Gasteiger partial charge in [0.15, 0.2) is 0 Å². The molecule has 0 saturated carbocycles. The summed E-state index contributed by atoms with van der Waals surface area (Å²) in [4.78, 5) is 11.9. The van der Waals surface area contributed by atoms with Crippen LogP contribution in [0.25, 0.3) is 0 Å². The molecule has 0 radical (unpaired) electrons. The van der Waals surface area contributed by atoms with Gasteiger partial charge in [0.25, 0.3) is 5.91 Å². The normalized spacial score (nSPS) is 12.1. The van der Waals surface area contributed by atoms with E-state index in [1.54, 1.807) is 0 Å². The number of carbonyl (C=O) groups excluding carboxylic acids is 1. The molecule has 1 atom stereocenters. The summed E-state index contributed by atoms with van der Waals surface area (Å²) < 4.78 is 0. The van der Waals surface area contributed by atoms with E-state index in [1.165, 1.54) is 0 Å². The molecule has 1 aromatic carbocycles. The summed E-state index contributed by atoms with van der Waals surface area (Å²) in [7, 11) is 0. The van der Waals surface area contributed by atoms with Crippen molar-refractivity contribution in [1.82, 2.24) is 10.6 Å². The Labute approximate surface area is 115 Å². The maximum Gasteiger partial charge on any atom is 0.251 e. The quantitative estimate of drug-likeness (QED) is 0.592. The third kappa shape index (κ3) is 6.94. The summed E-state index contributed by atoms with van der Waals surface area (Å²) in [6, 6.07) is 9.48. The largest absolute Gasteiger partial charge is 0.350 e. The van der Waals surface area contributed by atoms with Crippen molar-refractivity contribution in [1.29, 1.82) is 0 Å². The molecule has 0 unspecified atom stereocenters. The van der Waals surface area contributed by atoms with Gasteiger partial charge in [-0.2, -0.15) is 0 Å². The molecule has 0 bridgehead atoms. The van der Waals surface area contributed by atoms with Crippen LogP contribution in [0.3, 0.4) is 0 Å². The second-order valence-electron chi connectivity index (χ2n) is 4.77. The molecule has 0 spiro atoms. The first-order valence-electron chi connectivity index (χ1n) is 7.00. The third-order valence-electron chi connectivity index (χ3n) is 2.98. The number of nitrogens with two attached hydrogens (primary N) is 1. The molecule has 4 nitrogen and oxygen atoms in total. The fraction of sp³-hybridized carbons (Fsp3) is 0.533. The summed E-state index contributed by atoms with van der Waals surface area (Å²) >= 11 is 0. The van der Waals surface area contributed by atoms with Gasteiger partial charge in [-0.1, -0.05) is 18.2 Å². The Kier molecular flexibility index (Phi) is 7.86. The van der Waals surface area contributed by atoms with E-state index in [1.807, 2.05) is 37.3 Å². The van der Waals surface area contributed by atoms with E-state index >= 15 is 0 Å². The minimum atomic E-state index is -0.00349. The Morgan fingerprint density at radius 1 is 1.21 bits per heavy atom. The van der Waals surface area contributed by atoms with Gasteiger partial charge in [0.05, 0.1) is 0 Å². The van der Waals surface area contributed by atoms with Crippen molar-refractivity contribution in [2.24, 2.45) is 5.73 Å². The minimum absolute atomic E-state index is 0.00349. The second-order valence-corrected chi connectivity index (χ2v) is 4.77. The molecule has 0 heterocycles. The van der Waals surface area contributed by atoms with Gasteiger partial charge >= 0.3 is 0 Å². The predicted molar refractivity (Wildman–Crippen MR) is 79.1 cm³/mol. The molecule has 0 aliphatic heterocycles. The first-order chi connectivity index (χ1) is 9.24. The average Bonchev–Trinajstić information content (AvgIpc) is 2.43. The van der Waals surface area contributed by atoms with Crippen molar-refractivity contribution in [3.05, 3.63) is 35.9 Å². The highest BCUT2D eigenvalue weighted by molar-refractivity contribution is 5.94. The molecule has 0 aliphatic rings. The topological polar surface area (TPSA) is 67.2 Å². The molecule has 1 aromatic rings. The molecular weight excluding hydrogens is 238 g/mol. The van der Waals surface area contributed by atoms with Crippen LogP contribution >= 0.6 is 0 Å². The van der Waals surface area contributed by atoms with Crippen LogP contribution in [-0.4, -0.2) is 31.6 Å². The smallest absolute Gasteiger partial charge is 0.251 e. The number of hydrogen-bond donors (Lipinski definition) is 3. The van der Waals surface area contributed by atoms with Gasteiger partial charge in [0.1, 0.15) is 0 Å². The van der Waals surface area contributed by atoms with Crippen molar-refractivity contribution in [3.8, 4) is 0 Å². The highest BCUT2D eigenvalue weighted by atomic mass is 16.1. The summed E-state index contributed by atoms with van der Waals surface area (Å²) in [6.45, 7) is 4.70. The molecule has 1 rings (SSSR count). The van der Waals surface area contributed by atoms with E-state index in [0.29, 0.717) is 5.56 Å². The average molecular weight is 263 g/mol. The Morgan fingerprint density at radius 3 is 2.63 bits per heavy atom. The number of benzene rings is 1. The van der Waals surface area contributed by atoms with Crippen LogP contribution in [0.1, 0.15) is 36.5 Å². The Bertz CT molecular complexity index is 354. The number of amides is 1. The van der Waals surface area contributed by atoms with Gasteiger partial charge in [0, 0.05) is 11.6 Å². The summed E-state index contributed by atoms with van der Waals surface area (Å²) in [5.41, 5.74) is 6.14. The van der Waals surface area contributed by atoms with E-state index < -0.39 is 0 Å². The van der Waals surface area contributed by atoms with Crippen LogP contribution < -0.4 is 16.4 Å². The molecule has 19 heavy (non-hydrogen) atoms. The number of unbranched alkanes of at least 4 members (excludes halogenated alkanes) is 1. The zero-order valence-electron chi connectivity index (χ0n) is 11.7. The molecule has 0 aromatic heterocycles. The molecule has 0 aliphatic carbocycles. The van der Waals surface area contributed by atoms with Crippen LogP contribution in [0.15, 0.2) is 30.3 Å². The SMILES string of the molecule is C[C@@H](CCNCCCCN)NC(=O)c1ccccc1. The van der Waals surface area contributed by atoms with Crippen molar-refractivity contribution in [3.63, 3.8) is 0 Å². The molecule has 0 fully saturated rings. The molecule has 106 valence electrons. The summed E-state index contributed by atoms with van der Waals surface area (Å²) in [5, 5.41) is 6.36. The third-order valence-corrected chi connectivity index (χ3v) is 2.98.